The number of rotatable bonds is 3. The Morgan fingerprint density at radius 3 is 3.17 bits per heavy atom. The lowest BCUT2D eigenvalue weighted by atomic mass is 10.2. The van der Waals surface area contributed by atoms with E-state index in [-0.39, 0.29) is 0 Å². The minimum absolute atomic E-state index is 0.337. The van der Waals surface area contributed by atoms with E-state index >= 15 is 0 Å². The molecule has 12 heavy (non-hydrogen) atoms. The van der Waals surface area contributed by atoms with Crippen LogP contribution in [0.2, 0.25) is 0 Å². The average molecular weight is 166 g/mol. The van der Waals surface area contributed by atoms with Gasteiger partial charge in [0.15, 0.2) is 0 Å². The Morgan fingerprint density at radius 2 is 2.42 bits per heavy atom. The molecule has 0 aromatic rings. The number of allylic oxidation sites excluding steroid dienone is 1. The van der Waals surface area contributed by atoms with Crippen molar-refractivity contribution in [1.82, 2.24) is 0 Å². The van der Waals surface area contributed by atoms with Crippen LogP contribution >= 0.6 is 0 Å². The van der Waals surface area contributed by atoms with E-state index in [9.17, 15) is 0 Å². The van der Waals surface area contributed by atoms with Gasteiger partial charge >= 0.3 is 0 Å². The highest BCUT2D eigenvalue weighted by atomic mass is 16.5. The van der Waals surface area contributed by atoms with Crippen molar-refractivity contribution in [2.45, 2.75) is 38.7 Å². The summed E-state index contributed by atoms with van der Waals surface area (Å²) in [5.74, 6) is 0. The zero-order chi connectivity index (χ0) is 8.81. The third-order valence-corrected chi connectivity index (χ3v) is 2.00. The van der Waals surface area contributed by atoms with Crippen molar-refractivity contribution in [2.75, 3.05) is 6.61 Å². The molecule has 1 unspecified atom stereocenters. The standard InChI is InChI=1S/C11H18O/c1-10(2)9-12-11-7-5-3-4-6-8-11/h5,7,11H,1,3-4,6,8-9H2,2H3. The fraction of sp³-hybridized carbons (Fsp3) is 0.636. The lowest BCUT2D eigenvalue weighted by Crippen LogP contribution is -2.10. The summed E-state index contributed by atoms with van der Waals surface area (Å²) in [7, 11) is 0. The maximum Gasteiger partial charge on any atom is 0.0760 e. The Bertz CT molecular complexity index is 170. The van der Waals surface area contributed by atoms with Crippen molar-refractivity contribution in [2.24, 2.45) is 0 Å². The Hall–Kier alpha value is -0.560. The third kappa shape index (κ3) is 3.72. The maximum atomic E-state index is 5.64. The van der Waals surface area contributed by atoms with E-state index in [4.69, 9.17) is 4.74 Å². The topological polar surface area (TPSA) is 9.23 Å². The van der Waals surface area contributed by atoms with E-state index in [0.29, 0.717) is 12.7 Å². The van der Waals surface area contributed by atoms with E-state index in [0.717, 1.165) is 5.57 Å². The van der Waals surface area contributed by atoms with Gasteiger partial charge in [0.1, 0.15) is 0 Å². The molecule has 0 N–H and O–H groups in total. The maximum absolute atomic E-state index is 5.64. The molecule has 1 aliphatic carbocycles. The van der Waals surface area contributed by atoms with Crippen LogP contribution in [0.15, 0.2) is 24.3 Å². The van der Waals surface area contributed by atoms with Gasteiger partial charge in [-0.25, -0.2) is 0 Å². The summed E-state index contributed by atoms with van der Waals surface area (Å²) in [6.07, 6.45) is 9.74. The van der Waals surface area contributed by atoms with Crippen molar-refractivity contribution in [3.8, 4) is 0 Å². The van der Waals surface area contributed by atoms with Crippen molar-refractivity contribution in [3.63, 3.8) is 0 Å². The molecular formula is C11H18O. The second-order valence-corrected chi connectivity index (χ2v) is 3.52. The smallest absolute Gasteiger partial charge is 0.0760 e. The molecule has 1 atom stereocenters. The summed E-state index contributed by atoms with van der Waals surface area (Å²) in [6, 6.07) is 0. The van der Waals surface area contributed by atoms with E-state index in [1.54, 1.807) is 0 Å². The molecule has 0 saturated heterocycles. The molecule has 0 spiro atoms. The van der Waals surface area contributed by atoms with Crippen LogP contribution in [-0.2, 0) is 4.74 Å². The number of hydrogen-bond donors (Lipinski definition) is 0. The van der Waals surface area contributed by atoms with E-state index in [1.165, 1.54) is 25.7 Å². The van der Waals surface area contributed by atoms with Gasteiger partial charge in [-0.2, -0.15) is 0 Å². The van der Waals surface area contributed by atoms with Crippen LogP contribution in [0.1, 0.15) is 32.6 Å². The van der Waals surface area contributed by atoms with Crippen molar-refractivity contribution < 1.29 is 4.74 Å². The molecule has 0 saturated carbocycles. The lowest BCUT2D eigenvalue weighted by Gasteiger charge is -2.11. The van der Waals surface area contributed by atoms with E-state index < -0.39 is 0 Å². The van der Waals surface area contributed by atoms with Crippen LogP contribution in [0.25, 0.3) is 0 Å². The molecule has 0 aromatic heterocycles. The second kappa shape index (κ2) is 5.15. The Kier molecular flexibility index (Phi) is 4.09. The molecule has 0 amide bonds. The van der Waals surface area contributed by atoms with Crippen molar-refractivity contribution in [3.05, 3.63) is 24.3 Å². The first kappa shape index (κ1) is 9.53. The summed E-state index contributed by atoms with van der Waals surface area (Å²) in [6.45, 7) is 6.52. The van der Waals surface area contributed by atoms with E-state index in [2.05, 4.69) is 18.7 Å². The molecular weight excluding hydrogens is 148 g/mol. The predicted molar refractivity (Wildman–Crippen MR) is 52.2 cm³/mol. The molecule has 0 bridgehead atoms. The minimum Gasteiger partial charge on any atom is -0.370 e. The van der Waals surface area contributed by atoms with Crippen LogP contribution in [-0.4, -0.2) is 12.7 Å². The lowest BCUT2D eigenvalue weighted by molar-refractivity contribution is 0.0973. The highest BCUT2D eigenvalue weighted by molar-refractivity contribution is 4.94. The van der Waals surface area contributed by atoms with Crippen LogP contribution in [0.5, 0.6) is 0 Å². The Labute approximate surface area is 75.1 Å². The van der Waals surface area contributed by atoms with Crippen molar-refractivity contribution in [1.29, 1.82) is 0 Å². The summed E-state index contributed by atoms with van der Waals surface area (Å²) in [4.78, 5) is 0. The first-order chi connectivity index (χ1) is 5.79. The van der Waals surface area contributed by atoms with Gasteiger partial charge in [0.05, 0.1) is 12.7 Å². The van der Waals surface area contributed by atoms with Crippen LogP contribution in [0.3, 0.4) is 0 Å². The van der Waals surface area contributed by atoms with Gasteiger partial charge in [0.2, 0.25) is 0 Å². The molecule has 68 valence electrons. The SMILES string of the molecule is C=C(C)COC1C=CCCCC1. The van der Waals surface area contributed by atoms with Crippen LogP contribution in [0, 0.1) is 0 Å². The van der Waals surface area contributed by atoms with E-state index in [1.807, 2.05) is 6.92 Å². The molecule has 0 radical (unpaired) electrons. The molecule has 1 nitrogen and oxygen atoms in total. The number of hydrogen-bond acceptors (Lipinski definition) is 1. The quantitative estimate of drug-likeness (QED) is 0.585. The highest BCUT2D eigenvalue weighted by Gasteiger charge is 2.06. The van der Waals surface area contributed by atoms with Gasteiger partial charge in [0, 0.05) is 0 Å². The summed E-state index contributed by atoms with van der Waals surface area (Å²) in [5, 5.41) is 0. The molecule has 0 aliphatic heterocycles. The zero-order valence-electron chi connectivity index (χ0n) is 7.88. The summed E-state index contributed by atoms with van der Waals surface area (Å²) < 4.78 is 5.64. The molecule has 1 rings (SSSR count). The molecule has 1 heteroatoms. The van der Waals surface area contributed by atoms with Gasteiger partial charge in [-0.3, -0.25) is 0 Å². The van der Waals surface area contributed by atoms with Gasteiger partial charge in [-0.1, -0.05) is 30.7 Å². The van der Waals surface area contributed by atoms with Crippen molar-refractivity contribution >= 4 is 0 Å². The average Bonchev–Trinajstić information content (AvgIpc) is 2.28. The monoisotopic (exact) mass is 166 g/mol. The first-order valence-corrected chi connectivity index (χ1v) is 4.71. The first-order valence-electron chi connectivity index (χ1n) is 4.71. The molecule has 0 fully saturated rings. The normalized spacial score (nSPS) is 23.6. The Balaban J connectivity index is 2.25. The summed E-state index contributed by atoms with van der Waals surface area (Å²) in [5.41, 5.74) is 1.10. The molecule has 0 aromatic carbocycles. The van der Waals surface area contributed by atoms with Crippen LogP contribution < -0.4 is 0 Å². The third-order valence-electron chi connectivity index (χ3n) is 2.00. The summed E-state index contributed by atoms with van der Waals surface area (Å²) >= 11 is 0. The van der Waals surface area contributed by atoms with Gasteiger partial charge in [0.25, 0.3) is 0 Å². The molecule has 1 aliphatic rings. The largest absolute Gasteiger partial charge is 0.370 e. The molecule has 0 heterocycles. The Morgan fingerprint density at radius 1 is 1.58 bits per heavy atom. The zero-order valence-corrected chi connectivity index (χ0v) is 7.88. The van der Waals surface area contributed by atoms with Gasteiger partial charge in [-0.15, -0.1) is 0 Å². The number of ether oxygens (including phenoxy) is 1. The van der Waals surface area contributed by atoms with Crippen LogP contribution in [0.4, 0.5) is 0 Å². The predicted octanol–water partition coefficient (Wildman–Crippen LogP) is 3.08. The van der Waals surface area contributed by atoms with Gasteiger partial charge in [-0.05, 0) is 26.2 Å². The fourth-order valence-electron chi connectivity index (χ4n) is 1.34. The highest BCUT2D eigenvalue weighted by Crippen LogP contribution is 2.14. The minimum atomic E-state index is 0.337. The van der Waals surface area contributed by atoms with Gasteiger partial charge < -0.3 is 4.74 Å². The fourth-order valence-corrected chi connectivity index (χ4v) is 1.34. The second-order valence-electron chi connectivity index (χ2n) is 3.52.